The van der Waals surface area contributed by atoms with Gasteiger partial charge >= 0.3 is 5.97 Å². The summed E-state index contributed by atoms with van der Waals surface area (Å²) in [6, 6.07) is 0. The van der Waals surface area contributed by atoms with E-state index < -0.39 is 0 Å². The van der Waals surface area contributed by atoms with Gasteiger partial charge in [0.15, 0.2) is 0 Å². The summed E-state index contributed by atoms with van der Waals surface area (Å²) in [6.07, 6.45) is 10.6. The van der Waals surface area contributed by atoms with Gasteiger partial charge in [-0.1, -0.05) is 64.9 Å². The number of carbonyl (C=O) groups is 1. The molecule has 19 heavy (non-hydrogen) atoms. The zero-order chi connectivity index (χ0) is 14.5. The van der Waals surface area contributed by atoms with Crippen LogP contribution < -0.4 is 0 Å². The lowest BCUT2D eigenvalue weighted by Gasteiger charge is -2.09. The van der Waals surface area contributed by atoms with Crippen LogP contribution in [0.3, 0.4) is 0 Å². The van der Waals surface area contributed by atoms with Crippen LogP contribution in [0.4, 0.5) is 0 Å². The molecular formula is C17H32O2. The minimum Gasteiger partial charge on any atom is -0.462 e. The molecule has 0 spiro atoms. The Morgan fingerprint density at radius 2 is 1.37 bits per heavy atom. The van der Waals surface area contributed by atoms with Crippen molar-refractivity contribution in [2.75, 3.05) is 6.61 Å². The van der Waals surface area contributed by atoms with Gasteiger partial charge in [0, 0.05) is 5.57 Å². The van der Waals surface area contributed by atoms with Gasteiger partial charge in [0.1, 0.15) is 0 Å². The van der Waals surface area contributed by atoms with Gasteiger partial charge in [0.25, 0.3) is 0 Å². The Labute approximate surface area is 119 Å². The molecule has 0 atom stereocenters. The van der Waals surface area contributed by atoms with Gasteiger partial charge in [-0.05, 0) is 26.2 Å². The molecular weight excluding hydrogens is 236 g/mol. The SMILES string of the molecule is CCCCCCCCCOC(=O)C(C)=C(CC)CC. The highest BCUT2D eigenvalue weighted by atomic mass is 16.5. The van der Waals surface area contributed by atoms with Crippen molar-refractivity contribution >= 4 is 5.97 Å². The standard InChI is InChI=1S/C17H32O2/c1-5-8-9-10-11-12-13-14-19-17(18)15(4)16(6-2)7-3/h5-14H2,1-4H3. The molecule has 0 heterocycles. The summed E-state index contributed by atoms with van der Waals surface area (Å²) in [4.78, 5) is 11.8. The number of allylic oxidation sites excluding steroid dienone is 1. The highest BCUT2D eigenvalue weighted by molar-refractivity contribution is 5.88. The Balaban J connectivity index is 3.66. The molecule has 0 saturated carbocycles. The lowest BCUT2D eigenvalue weighted by Crippen LogP contribution is -2.09. The van der Waals surface area contributed by atoms with E-state index in [4.69, 9.17) is 4.74 Å². The van der Waals surface area contributed by atoms with Gasteiger partial charge in [0.05, 0.1) is 6.61 Å². The van der Waals surface area contributed by atoms with Gasteiger partial charge in [-0.15, -0.1) is 0 Å². The smallest absolute Gasteiger partial charge is 0.333 e. The second kappa shape index (κ2) is 12.3. The first-order valence-electron chi connectivity index (χ1n) is 8.03. The Morgan fingerprint density at radius 1 is 0.842 bits per heavy atom. The Morgan fingerprint density at radius 3 is 1.89 bits per heavy atom. The monoisotopic (exact) mass is 268 g/mol. The number of carbonyl (C=O) groups excluding carboxylic acids is 1. The van der Waals surface area contributed by atoms with Crippen LogP contribution in [0, 0.1) is 0 Å². The van der Waals surface area contributed by atoms with E-state index in [2.05, 4.69) is 20.8 Å². The molecule has 0 amide bonds. The van der Waals surface area contributed by atoms with Crippen LogP contribution in [0.25, 0.3) is 0 Å². The Bertz CT molecular complexity index is 260. The van der Waals surface area contributed by atoms with Crippen LogP contribution in [0.2, 0.25) is 0 Å². The molecule has 0 fully saturated rings. The predicted molar refractivity (Wildman–Crippen MR) is 82.2 cm³/mol. The Kier molecular flexibility index (Phi) is 11.7. The fourth-order valence-electron chi connectivity index (χ4n) is 2.26. The van der Waals surface area contributed by atoms with Crippen molar-refractivity contribution < 1.29 is 9.53 Å². The summed E-state index contributed by atoms with van der Waals surface area (Å²) in [6.45, 7) is 8.87. The average Bonchev–Trinajstić information content (AvgIpc) is 2.42. The number of unbranched alkanes of at least 4 members (excludes halogenated alkanes) is 6. The maximum atomic E-state index is 11.8. The molecule has 0 aromatic carbocycles. The maximum absolute atomic E-state index is 11.8. The Hall–Kier alpha value is -0.790. The van der Waals surface area contributed by atoms with E-state index in [0.29, 0.717) is 6.61 Å². The zero-order valence-electron chi connectivity index (χ0n) is 13.4. The summed E-state index contributed by atoms with van der Waals surface area (Å²) >= 11 is 0. The van der Waals surface area contributed by atoms with Crippen LogP contribution in [-0.2, 0) is 9.53 Å². The first-order valence-corrected chi connectivity index (χ1v) is 8.03. The third kappa shape index (κ3) is 8.85. The normalized spacial score (nSPS) is 10.3. The molecule has 0 N–H and O–H groups in total. The van der Waals surface area contributed by atoms with E-state index in [1.807, 2.05) is 6.92 Å². The third-order valence-electron chi connectivity index (χ3n) is 3.67. The molecule has 0 saturated heterocycles. The van der Waals surface area contributed by atoms with E-state index in [0.717, 1.165) is 24.8 Å². The summed E-state index contributed by atoms with van der Waals surface area (Å²) in [5, 5.41) is 0. The summed E-state index contributed by atoms with van der Waals surface area (Å²) in [7, 11) is 0. The number of hydrogen-bond acceptors (Lipinski definition) is 2. The summed E-state index contributed by atoms with van der Waals surface area (Å²) < 4.78 is 5.32. The van der Waals surface area contributed by atoms with Crippen molar-refractivity contribution in [1.82, 2.24) is 0 Å². The van der Waals surface area contributed by atoms with Crippen LogP contribution in [0.1, 0.15) is 85.5 Å². The van der Waals surface area contributed by atoms with Crippen LogP contribution >= 0.6 is 0 Å². The van der Waals surface area contributed by atoms with Gasteiger partial charge in [-0.3, -0.25) is 0 Å². The molecule has 0 unspecified atom stereocenters. The molecule has 0 aliphatic heterocycles. The quantitative estimate of drug-likeness (QED) is 0.284. The molecule has 0 bridgehead atoms. The highest BCUT2D eigenvalue weighted by Gasteiger charge is 2.09. The van der Waals surface area contributed by atoms with Crippen LogP contribution in [-0.4, -0.2) is 12.6 Å². The first-order chi connectivity index (χ1) is 9.17. The van der Waals surface area contributed by atoms with Crippen molar-refractivity contribution in [3.8, 4) is 0 Å². The van der Waals surface area contributed by atoms with Gasteiger partial charge in [-0.25, -0.2) is 4.79 Å². The minimum atomic E-state index is -0.121. The van der Waals surface area contributed by atoms with Crippen LogP contribution in [0.15, 0.2) is 11.1 Å². The van der Waals surface area contributed by atoms with Gasteiger partial charge < -0.3 is 4.74 Å². The molecule has 0 rings (SSSR count). The second-order valence-corrected chi connectivity index (χ2v) is 5.19. The molecule has 2 nitrogen and oxygen atoms in total. The van der Waals surface area contributed by atoms with E-state index in [-0.39, 0.29) is 5.97 Å². The molecule has 0 aromatic heterocycles. The average molecular weight is 268 g/mol. The lowest BCUT2D eigenvalue weighted by molar-refractivity contribution is -0.139. The lowest BCUT2D eigenvalue weighted by atomic mass is 10.1. The molecule has 0 aromatic rings. The number of rotatable bonds is 11. The number of hydrogen-bond donors (Lipinski definition) is 0. The molecule has 0 aliphatic carbocycles. The second-order valence-electron chi connectivity index (χ2n) is 5.19. The van der Waals surface area contributed by atoms with E-state index in [9.17, 15) is 4.79 Å². The van der Waals surface area contributed by atoms with E-state index in [1.165, 1.54) is 44.1 Å². The highest BCUT2D eigenvalue weighted by Crippen LogP contribution is 2.14. The van der Waals surface area contributed by atoms with E-state index in [1.54, 1.807) is 0 Å². The number of esters is 1. The maximum Gasteiger partial charge on any atom is 0.333 e. The fraction of sp³-hybridized carbons (Fsp3) is 0.824. The molecule has 0 aliphatic rings. The predicted octanol–water partition coefficient (Wildman–Crippen LogP) is 5.42. The van der Waals surface area contributed by atoms with Crippen molar-refractivity contribution in [1.29, 1.82) is 0 Å². The molecule has 112 valence electrons. The van der Waals surface area contributed by atoms with E-state index >= 15 is 0 Å². The van der Waals surface area contributed by atoms with Crippen molar-refractivity contribution in [2.45, 2.75) is 85.5 Å². The van der Waals surface area contributed by atoms with Crippen molar-refractivity contribution in [3.63, 3.8) is 0 Å². The third-order valence-corrected chi connectivity index (χ3v) is 3.67. The van der Waals surface area contributed by atoms with Crippen molar-refractivity contribution in [2.24, 2.45) is 0 Å². The summed E-state index contributed by atoms with van der Waals surface area (Å²) in [5.41, 5.74) is 2.03. The zero-order valence-corrected chi connectivity index (χ0v) is 13.4. The fourth-order valence-corrected chi connectivity index (χ4v) is 2.26. The molecule has 0 radical (unpaired) electrons. The van der Waals surface area contributed by atoms with Gasteiger partial charge in [-0.2, -0.15) is 0 Å². The molecule has 2 heteroatoms. The largest absolute Gasteiger partial charge is 0.462 e. The summed E-state index contributed by atoms with van der Waals surface area (Å²) in [5.74, 6) is -0.121. The van der Waals surface area contributed by atoms with Crippen LogP contribution in [0.5, 0.6) is 0 Å². The van der Waals surface area contributed by atoms with Crippen molar-refractivity contribution in [3.05, 3.63) is 11.1 Å². The minimum absolute atomic E-state index is 0.121. The topological polar surface area (TPSA) is 26.3 Å². The first kappa shape index (κ1) is 18.2. The van der Waals surface area contributed by atoms with Gasteiger partial charge in [0.2, 0.25) is 0 Å². The number of ether oxygens (including phenoxy) is 1.